The fourth-order valence-corrected chi connectivity index (χ4v) is 2.56. The van der Waals surface area contributed by atoms with E-state index in [0.29, 0.717) is 5.92 Å². The van der Waals surface area contributed by atoms with E-state index < -0.39 is 0 Å². The first kappa shape index (κ1) is 16.3. The van der Waals surface area contributed by atoms with Gasteiger partial charge in [0.2, 0.25) is 11.8 Å². The molecule has 1 aromatic rings. The standard InChI is InChI=1S/C17H25N3O2/c1-13-8-10-20(11-9-13)17(22)12-16(21)18-14-4-6-15(7-5-14)19(2)3/h4-7,13H,8-12H2,1-3H3,(H,18,21). The highest BCUT2D eigenvalue weighted by atomic mass is 16.2. The third-order valence-corrected chi connectivity index (χ3v) is 4.12. The molecule has 120 valence electrons. The highest BCUT2D eigenvalue weighted by Crippen LogP contribution is 2.18. The third kappa shape index (κ3) is 4.48. The Kier molecular flexibility index (Phi) is 5.41. The van der Waals surface area contributed by atoms with Gasteiger partial charge in [-0.15, -0.1) is 0 Å². The van der Waals surface area contributed by atoms with Gasteiger partial charge in [0.15, 0.2) is 0 Å². The Balaban J connectivity index is 1.83. The molecule has 2 rings (SSSR count). The van der Waals surface area contributed by atoms with Crippen molar-refractivity contribution < 1.29 is 9.59 Å². The number of benzene rings is 1. The van der Waals surface area contributed by atoms with Gasteiger partial charge in [-0.3, -0.25) is 9.59 Å². The van der Waals surface area contributed by atoms with Crippen molar-refractivity contribution in [3.63, 3.8) is 0 Å². The first-order valence-electron chi connectivity index (χ1n) is 7.80. The van der Waals surface area contributed by atoms with Gasteiger partial charge in [0.25, 0.3) is 0 Å². The van der Waals surface area contributed by atoms with E-state index in [9.17, 15) is 9.59 Å². The summed E-state index contributed by atoms with van der Waals surface area (Å²) in [6.45, 7) is 3.74. The van der Waals surface area contributed by atoms with E-state index >= 15 is 0 Å². The fraction of sp³-hybridized carbons (Fsp3) is 0.529. The van der Waals surface area contributed by atoms with Gasteiger partial charge in [-0.2, -0.15) is 0 Å². The number of hydrogen-bond donors (Lipinski definition) is 1. The molecule has 0 saturated carbocycles. The average molecular weight is 303 g/mol. The van der Waals surface area contributed by atoms with Gasteiger partial charge in [-0.1, -0.05) is 6.92 Å². The van der Waals surface area contributed by atoms with Crippen molar-refractivity contribution in [3.8, 4) is 0 Å². The normalized spacial score (nSPS) is 15.5. The number of anilines is 2. The van der Waals surface area contributed by atoms with Gasteiger partial charge >= 0.3 is 0 Å². The molecule has 1 N–H and O–H groups in total. The minimum Gasteiger partial charge on any atom is -0.378 e. The third-order valence-electron chi connectivity index (χ3n) is 4.12. The van der Waals surface area contributed by atoms with E-state index in [2.05, 4.69) is 12.2 Å². The number of nitrogens with one attached hydrogen (secondary N) is 1. The zero-order valence-corrected chi connectivity index (χ0v) is 13.6. The number of likely N-dealkylation sites (tertiary alicyclic amines) is 1. The summed E-state index contributed by atoms with van der Waals surface area (Å²) in [5.41, 5.74) is 1.78. The predicted molar refractivity (Wildman–Crippen MR) is 89.0 cm³/mol. The number of rotatable bonds is 4. The molecule has 0 atom stereocenters. The Hall–Kier alpha value is -2.04. The number of hydrogen-bond acceptors (Lipinski definition) is 3. The van der Waals surface area contributed by atoms with Crippen LogP contribution in [0.25, 0.3) is 0 Å². The first-order valence-corrected chi connectivity index (χ1v) is 7.80. The molecule has 1 saturated heterocycles. The molecule has 5 heteroatoms. The van der Waals surface area contributed by atoms with Crippen LogP contribution in [0.3, 0.4) is 0 Å². The molecule has 1 aliphatic rings. The van der Waals surface area contributed by atoms with Crippen molar-refractivity contribution >= 4 is 23.2 Å². The summed E-state index contributed by atoms with van der Waals surface area (Å²) in [7, 11) is 3.93. The van der Waals surface area contributed by atoms with E-state index in [1.807, 2.05) is 43.3 Å². The van der Waals surface area contributed by atoms with Gasteiger partial charge < -0.3 is 15.1 Å². The SMILES string of the molecule is CC1CCN(C(=O)CC(=O)Nc2ccc(N(C)C)cc2)CC1. The Morgan fingerprint density at radius 2 is 1.77 bits per heavy atom. The molecule has 1 heterocycles. The van der Waals surface area contributed by atoms with Gasteiger partial charge in [0.1, 0.15) is 6.42 Å². The monoisotopic (exact) mass is 303 g/mol. The van der Waals surface area contributed by atoms with Crippen LogP contribution in [0.2, 0.25) is 0 Å². The van der Waals surface area contributed by atoms with Gasteiger partial charge in [-0.05, 0) is 43.0 Å². The summed E-state index contributed by atoms with van der Waals surface area (Å²) >= 11 is 0. The molecule has 1 aromatic carbocycles. The second-order valence-corrected chi connectivity index (χ2v) is 6.23. The van der Waals surface area contributed by atoms with Crippen molar-refractivity contribution in [2.24, 2.45) is 5.92 Å². The maximum Gasteiger partial charge on any atom is 0.233 e. The van der Waals surface area contributed by atoms with Crippen LogP contribution in [0.15, 0.2) is 24.3 Å². The van der Waals surface area contributed by atoms with Crippen LogP contribution in [0.5, 0.6) is 0 Å². The smallest absolute Gasteiger partial charge is 0.233 e. The Morgan fingerprint density at radius 1 is 1.18 bits per heavy atom. The number of amides is 2. The molecule has 0 aliphatic carbocycles. The summed E-state index contributed by atoms with van der Waals surface area (Å²) in [5, 5.41) is 2.78. The van der Waals surface area contributed by atoms with Crippen LogP contribution in [-0.2, 0) is 9.59 Å². The molecule has 1 fully saturated rings. The maximum absolute atomic E-state index is 12.1. The van der Waals surface area contributed by atoms with Crippen LogP contribution in [-0.4, -0.2) is 43.9 Å². The fourth-order valence-electron chi connectivity index (χ4n) is 2.56. The molecule has 0 bridgehead atoms. The Bertz CT molecular complexity index is 517. The molecule has 0 spiro atoms. The largest absolute Gasteiger partial charge is 0.378 e. The van der Waals surface area contributed by atoms with Crippen LogP contribution in [0, 0.1) is 5.92 Å². The van der Waals surface area contributed by atoms with Gasteiger partial charge in [0, 0.05) is 38.6 Å². The predicted octanol–water partition coefficient (Wildman–Crippen LogP) is 2.34. The van der Waals surface area contributed by atoms with Crippen LogP contribution >= 0.6 is 0 Å². The molecule has 5 nitrogen and oxygen atoms in total. The minimum absolute atomic E-state index is 0.0747. The minimum atomic E-state index is -0.249. The lowest BCUT2D eigenvalue weighted by Crippen LogP contribution is -2.39. The molecular weight excluding hydrogens is 278 g/mol. The molecule has 2 amide bonds. The summed E-state index contributed by atoms with van der Waals surface area (Å²) in [5.74, 6) is 0.351. The summed E-state index contributed by atoms with van der Waals surface area (Å²) in [4.78, 5) is 27.9. The highest BCUT2D eigenvalue weighted by Gasteiger charge is 2.22. The highest BCUT2D eigenvalue weighted by molar-refractivity contribution is 6.03. The van der Waals surface area contributed by atoms with E-state index in [0.717, 1.165) is 37.3 Å². The van der Waals surface area contributed by atoms with Crippen molar-refractivity contribution in [1.82, 2.24) is 4.90 Å². The van der Waals surface area contributed by atoms with E-state index in [1.54, 1.807) is 4.90 Å². The van der Waals surface area contributed by atoms with Crippen molar-refractivity contribution in [1.29, 1.82) is 0 Å². The number of carbonyl (C=O) groups excluding carboxylic acids is 2. The van der Waals surface area contributed by atoms with Crippen molar-refractivity contribution in [2.45, 2.75) is 26.2 Å². The van der Waals surface area contributed by atoms with E-state index in [-0.39, 0.29) is 18.2 Å². The first-order chi connectivity index (χ1) is 10.5. The molecule has 22 heavy (non-hydrogen) atoms. The molecule has 0 unspecified atom stereocenters. The Labute approximate surface area is 132 Å². The lowest BCUT2D eigenvalue weighted by atomic mass is 9.99. The molecule has 0 aromatic heterocycles. The summed E-state index contributed by atoms with van der Waals surface area (Å²) < 4.78 is 0. The topological polar surface area (TPSA) is 52.7 Å². The molecule has 1 aliphatic heterocycles. The van der Waals surface area contributed by atoms with Crippen LogP contribution in [0.1, 0.15) is 26.2 Å². The summed E-state index contributed by atoms with van der Waals surface area (Å²) in [6.07, 6.45) is 1.97. The second kappa shape index (κ2) is 7.29. The number of carbonyl (C=O) groups is 2. The number of nitrogens with zero attached hydrogens (tertiary/aromatic N) is 2. The quantitative estimate of drug-likeness (QED) is 0.869. The van der Waals surface area contributed by atoms with Crippen molar-refractivity contribution in [3.05, 3.63) is 24.3 Å². The average Bonchev–Trinajstić information content (AvgIpc) is 2.48. The molecule has 0 radical (unpaired) electrons. The van der Waals surface area contributed by atoms with Gasteiger partial charge in [-0.25, -0.2) is 0 Å². The zero-order chi connectivity index (χ0) is 16.1. The summed E-state index contributed by atoms with van der Waals surface area (Å²) in [6, 6.07) is 7.56. The van der Waals surface area contributed by atoms with Gasteiger partial charge in [0.05, 0.1) is 0 Å². The van der Waals surface area contributed by atoms with Crippen molar-refractivity contribution in [2.75, 3.05) is 37.4 Å². The second-order valence-electron chi connectivity index (χ2n) is 6.23. The van der Waals surface area contributed by atoms with Crippen LogP contribution < -0.4 is 10.2 Å². The maximum atomic E-state index is 12.1. The number of piperidine rings is 1. The zero-order valence-electron chi connectivity index (χ0n) is 13.6. The lowest BCUT2D eigenvalue weighted by Gasteiger charge is -2.30. The van der Waals surface area contributed by atoms with E-state index in [4.69, 9.17) is 0 Å². The lowest BCUT2D eigenvalue weighted by molar-refractivity contribution is -0.135. The Morgan fingerprint density at radius 3 is 2.32 bits per heavy atom. The van der Waals surface area contributed by atoms with E-state index in [1.165, 1.54) is 0 Å². The molecular formula is C17H25N3O2. The van der Waals surface area contributed by atoms with Crippen LogP contribution in [0.4, 0.5) is 11.4 Å².